The van der Waals surface area contributed by atoms with Gasteiger partial charge in [-0.05, 0) is 12.5 Å². The molecule has 3 aromatic rings. The lowest BCUT2D eigenvalue weighted by atomic mass is 10.2. The van der Waals surface area contributed by atoms with Crippen LogP contribution in [0.3, 0.4) is 0 Å². The highest BCUT2D eigenvalue weighted by Crippen LogP contribution is 2.30. The maximum Gasteiger partial charge on any atom is 0.289 e. The Kier molecular flexibility index (Phi) is 5.23. The molecule has 152 valence electrons. The van der Waals surface area contributed by atoms with Gasteiger partial charge in [-0.2, -0.15) is 0 Å². The zero-order valence-corrected chi connectivity index (χ0v) is 16.8. The number of aryl methyl sites for hydroxylation is 1. The molecular formula is C19H16ClN7O3. The number of carbonyl (C=O) groups excluding carboxylic acids is 2. The summed E-state index contributed by atoms with van der Waals surface area (Å²) in [7, 11) is 1.55. The van der Waals surface area contributed by atoms with Gasteiger partial charge in [0, 0.05) is 37.9 Å². The normalized spacial score (nSPS) is 15.8. The average Bonchev–Trinajstić information content (AvgIpc) is 2.86. The summed E-state index contributed by atoms with van der Waals surface area (Å²) in [5.41, 5.74) is 1.73. The Hall–Kier alpha value is -3.66. The summed E-state index contributed by atoms with van der Waals surface area (Å²) in [5, 5.41) is 3.00. The quantitative estimate of drug-likeness (QED) is 0.668. The number of likely N-dealkylation sites (N-methyl/N-ethyl adjacent to an activating group) is 1. The third-order valence-corrected chi connectivity index (χ3v) is 4.64. The molecule has 0 unspecified atom stereocenters. The Bertz CT molecular complexity index is 1130. The standard InChI is InChI=1S/C19H16ClN7O3/c1-10-6-23-16(26-15(10)12-8-21-3-4-22-12)18(28)25-13-9-30-14-5-11(20)7-24-17(14)27(2)19(13)29/h3-8,13H,9H2,1-2H3,(H,25,28)/t13-/m0/s1. The van der Waals surface area contributed by atoms with Crippen LogP contribution in [0.5, 0.6) is 5.75 Å². The van der Waals surface area contributed by atoms with E-state index in [0.717, 1.165) is 5.56 Å². The molecule has 0 saturated heterocycles. The number of nitrogens with one attached hydrogen (secondary N) is 1. The van der Waals surface area contributed by atoms with Crippen LogP contribution in [0.15, 0.2) is 37.1 Å². The smallest absolute Gasteiger partial charge is 0.289 e. The van der Waals surface area contributed by atoms with E-state index in [-0.39, 0.29) is 12.4 Å². The van der Waals surface area contributed by atoms with E-state index in [9.17, 15) is 9.59 Å². The fourth-order valence-electron chi connectivity index (χ4n) is 2.91. The lowest BCUT2D eigenvalue weighted by Gasteiger charge is -2.19. The van der Waals surface area contributed by atoms with E-state index >= 15 is 0 Å². The minimum absolute atomic E-state index is 0.0905. The van der Waals surface area contributed by atoms with Crippen molar-refractivity contribution in [3.63, 3.8) is 0 Å². The molecule has 3 aromatic heterocycles. The lowest BCUT2D eigenvalue weighted by molar-refractivity contribution is -0.120. The van der Waals surface area contributed by atoms with E-state index in [4.69, 9.17) is 16.3 Å². The fourth-order valence-corrected chi connectivity index (χ4v) is 3.06. The van der Waals surface area contributed by atoms with Crippen molar-refractivity contribution in [3.8, 4) is 17.1 Å². The highest BCUT2D eigenvalue weighted by molar-refractivity contribution is 6.30. The summed E-state index contributed by atoms with van der Waals surface area (Å²) in [6, 6.07) is 0.606. The minimum atomic E-state index is -0.958. The molecule has 0 aromatic carbocycles. The number of hydrogen-bond acceptors (Lipinski definition) is 8. The number of ether oxygens (including phenoxy) is 1. The number of aromatic nitrogens is 5. The molecule has 4 heterocycles. The van der Waals surface area contributed by atoms with Gasteiger partial charge in [0.1, 0.15) is 18.3 Å². The first-order chi connectivity index (χ1) is 14.4. The number of pyridine rings is 1. The topological polar surface area (TPSA) is 123 Å². The van der Waals surface area contributed by atoms with Crippen molar-refractivity contribution in [1.82, 2.24) is 30.2 Å². The molecule has 2 amide bonds. The molecule has 0 aliphatic carbocycles. The zero-order chi connectivity index (χ0) is 21.3. The predicted molar refractivity (Wildman–Crippen MR) is 107 cm³/mol. The SMILES string of the molecule is Cc1cnc(C(=O)N[C@H]2COc3cc(Cl)cnc3N(C)C2=O)nc1-c1cnccn1. The monoisotopic (exact) mass is 425 g/mol. The number of halogens is 1. The largest absolute Gasteiger partial charge is 0.487 e. The molecule has 1 aliphatic heterocycles. The van der Waals surface area contributed by atoms with Crippen molar-refractivity contribution in [1.29, 1.82) is 0 Å². The Morgan fingerprint density at radius 2 is 2.07 bits per heavy atom. The van der Waals surface area contributed by atoms with Crippen LogP contribution in [0.25, 0.3) is 11.4 Å². The zero-order valence-electron chi connectivity index (χ0n) is 16.0. The number of nitrogens with zero attached hydrogens (tertiary/aromatic N) is 6. The molecule has 0 fully saturated rings. The van der Waals surface area contributed by atoms with E-state index in [1.165, 1.54) is 23.5 Å². The molecular weight excluding hydrogens is 410 g/mol. The maximum absolute atomic E-state index is 12.8. The summed E-state index contributed by atoms with van der Waals surface area (Å²) >= 11 is 5.95. The molecule has 0 bridgehead atoms. The molecule has 11 heteroatoms. The summed E-state index contributed by atoms with van der Waals surface area (Å²) in [4.78, 5) is 47.6. The minimum Gasteiger partial charge on any atom is -0.487 e. The summed E-state index contributed by atoms with van der Waals surface area (Å²) in [6.45, 7) is 1.71. The predicted octanol–water partition coefficient (Wildman–Crippen LogP) is 1.44. The van der Waals surface area contributed by atoms with Gasteiger partial charge in [-0.15, -0.1) is 0 Å². The van der Waals surface area contributed by atoms with Gasteiger partial charge in [-0.3, -0.25) is 24.5 Å². The molecule has 10 nitrogen and oxygen atoms in total. The second kappa shape index (κ2) is 7.99. The number of rotatable bonds is 3. The highest BCUT2D eigenvalue weighted by atomic mass is 35.5. The van der Waals surface area contributed by atoms with Crippen LogP contribution in [-0.2, 0) is 4.79 Å². The molecule has 0 saturated carbocycles. The highest BCUT2D eigenvalue weighted by Gasteiger charge is 2.32. The summed E-state index contributed by atoms with van der Waals surface area (Å²) in [6.07, 6.45) is 7.56. The number of hydrogen-bond donors (Lipinski definition) is 1. The van der Waals surface area contributed by atoms with E-state index in [2.05, 4.69) is 30.2 Å². The molecule has 1 aliphatic rings. The third kappa shape index (κ3) is 3.77. The number of carbonyl (C=O) groups is 2. The van der Waals surface area contributed by atoms with Crippen LogP contribution in [0.2, 0.25) is 5.02 Å². The molecule has 1 atom stereocenters. The fraction of sp³-hybridized carbons (Fsp3) is 0.211. The second-order valence-corrected chi connectivity index (χ2v) is 6.96. The van der Waals surface area contributed by atoms with Crippen LogP contribution in [0.1, 0.15) is 16.2 Å². The van der Waals surface area contributed by atoms with Gasteiger partial charge < -0.3 is 10.1 Å². The first-order valence-electron chi connectivity index (χ1n) is 8.91. The first-order valence-corrected chi connectivity index (χ1v) is 9.28. The van der Waals surface area contributed by atoms with Crippen LogP contribution in [0, 0.1) is 6.92 Å². The van der Waals surface area contributed by atoms with Crippen molar-refractivity contribution in [2.45, 2.75) is 13.0 Å². The molecule has 30 heavy (non-hydrogen) atoms. The van der Waals surface area contributed by atoms with Crippen molar-refractivity contribution >= 4 is 29.2 Å². The lowest BCUT2D eigenvalue weighted by Crippen LogP contribution is -2.49. The van der Waals surface area contributed by atoms with Gasteiger partial charge in [0.05, 0.1) is 16.9 Å². The number of anilines is 1. The maximum atomic E-state index is 12.8. The second-order valence-electron chi connectivity index (χ2n) is 6.53. The van der Waals surface area contributed by atoms with Gasteiger partial charge in [-0.25, -0.2) is 15.0 Å². The van der Waals surface area contributed by atoms with Gasteiger partial charge in [0.15, 0.2) is 11.6 Å². The van der Waals surface area contributed by atoms with Crippen LogP contribution in [0.4, 0.5) is 5.82 Å². The van der Waals surface area contributed by atoms with Crippen molar-refractivity contribution in [3.05, 3.63) is 53.5 Å². The van der Waals surface area contributed by atoms with Crippen LogP contribution in [-0.4, -0.2) is 56.4 Å². The molecule has 1 N–H and O–H groups in total. The van der Waals surface area contributed by atoms with Gasteiger partial charge in [0.2, 0.25) is 5.82 Å². The van der Waals surface area contributed by atoms with Crippen molar-refractivity contribution in [2.75, 3.05) is 18.6 Å². The Morgan fingerprint density at radius 1 is 1.23 bits per heavy atom. The number of amides is 2. The van der Waals surface area contributed by atoms with Crippen LogP contribution >= 0.6 is 11.6 Å². The van der Waals surface area contributed by atoms with Gasteiger partial charge >= 0.3 is 0 Å². The molecule has 0 radical (unpaired) electrons. The summed E-state index contributed by atoms with van der Waals surface area (Å²) in [5.74, 6) is -0.436. The Morgan fingerprint density at radius 3 is 2.83 bits per heavy atom. The van der Waals surface area contributed by atoms with E-state index < -0.39 is 17.9 Å². The van der Waals surface area contributed by atoms with Gasteiger partial charge in [0.25, 0.3) is 11.8 Å². The summed E-state index contributed by atoms with van der Waals surface area (Å²) < 4.78 is 5.65. The van der Waals surface area contributed by atoms with E-state index in [1.807, 2.05) is 0 Å². The van der Waals surface area contributed by atoms with Gasteiger partial charge in [-0.1, -0.05) is 11.6 Å². The third-order valence-electron chi connectivity index (χ3n) is 4.44. The Labute approximate surface area is 176 Å². The van der Waals surface area contributed by atoms with E-state index in [0.29, 0.717) is 28.0 Å². The average molecular weight is 426 g/mol. The van der Waals surface area contributed by atoms with E-state index in [1.54, 1.807) is 32.4 Å². The van der Waals surface area contributed by atoms with Crippen molar-refractivity contribution < 1.29 is 14.3 Å². The molecule has 4 rings (SSSR count). The Balaban J connectivity index is 1.57. The molecule has 0 spiro atoms. The first kappa shape index (κ1) is 19.6. The van der Waals surface area contributed by atoms with Crippen molar-refractivity contribution in [2.24, 2.45) is 0 Å². The number of fused-ring (bicyclic) bond motifs is 1. The van der Waals surface area contributed by atoms with Crippen LogP contribution < -0.4 is 15.0 Å².